The molecule has 0 spiro atoms. The summed E-state index contributed by atoms with van der Waals surface area (Å²) in [7, 11) is 2.48. The lowest BCUT2D eigenvalue weighted by Crippen LogP contribution is -2.27. The van der Waals surface area contributed by atoms with Gasteiger partial charge in [0.25, 0.3) is 0 Å². The average Bonchev–Trinajstić information content (AvgIpc) is 2.77. The van der Waals surface area contributed by atoms with Gasteiger partial charge in [-0.05, 0) is 39.2 Å². The molecule has 1 heteroatoms. The SMILES string of the molecule is BC(CCCC)(CCCC)c1cc(-c2ccccc2)cc(-c2ccccc2)c1. The molecule has 0 aromatic heterocycles. The molecule has 3 rings (SSSR count). The van der Waals surface area contributed by atoms with Crippen LogP contribution in [0, 0.1) is 0 Å². The molecular weight excluding hydrogens is 335 g/mol. The Morgan fingerprint density at radius 2 is 1.04 bits per heavy atom. The molecule has 28 heavy (non-hydrogen) atoms. The lowest BCUT2D eigenvalue weighted by Gasteiger charge is -2.32. The quantitative estimate of drug-likeness (QED) is 0.350. The van der Waals surface area contributed by atoms with Gasteiger partial charge in [-0.25, -0.2) is 0 Å². The minimum atomic E-state index is 0.236. The van der Waals surface area contributed by atoms with Gasteiger partial charge in [-0.1, -0.05) is 125 Å². The molecule has 0 atom stereocenters. The summed E-state index contributed by atoms with van der Waals surface area (Å²) in [6.45, 7) is 4.60. The molecule has 0 nitrogen and oxygen atoms in total. The Bertz CT molecular complexity index is 786. The molecule has 0 aliphatic carbocycles. The van der Waals surface area contributed by atoms with Gasteiger partial charge in [0.05, 0.1) is 0 Å². The van der Waals surface area contributed by atoms with Gasteiger partial charge in [-0.2, -0.15) is 0 Å². The van der Waals surface area contributed by atoms with Gasteiger partial charge in [0, 0.05) is 0 Å². The second-order valence-corrected chi connectivity index (χ2v) is 8.30. The largest absolute Gasteiger partial charge is 0.115 e. The normalized spacial score (nSPS) is 11.5. The topological polar surface area (TPSA) is 0 Å². The van der Waals surface area contributed by atoms with Crippen molar-refractivity contribution in [2.45, 2.75) is 57.7 Å². The summed E-state index contributed by atoms with van der Waals surface area (Å²) >= 11 is 0. The van der Waals surface area contributed by atoms with Gasteiger partial charge in [0.2, 0.25) is 0 Å². The van der Waals surface area contributed by atoms with Crippen molar-refractivity contribution in [3.63, 3.8) is 0 Å². The summed E-state index contributed by atoms with van der Waals surface area (Å²) in [6.07, 6.45) is 7.61. The molecule has 0 aliphatic heterocycles. The van der Waals surface area contributed by atoms with Crippen molar-refractivity contribution in [3.05, 3.63) is 84.4 Å². The first-order chi connectivity index (χ1) is 13.7. The van der Waals surface area contributed by atoms with Crippen LogP contribution in [0.2, 0.25) is 0 Å². The zero-order valence-corrected chi connectivity index (χ0v) is 17.7. The summed E-state index contributed by atoms with van der Waals surface area (Å²) in [4.78, 5) is 0. The minimum Gasteiger partial charge on any atom is -0.0654 e. The highest BCUT2D eigenvalue weighted by Crippen LogP contribution is 2.37. The van der Waals surface area contributed by atoms with E-state index in [-0.39, 0.29) is 5.31 Å². The first-order valence-corrected chi connectivity index (χ1v) is 10.9. The van der Waals surface area contributed by atoms with Crippen LogP contribution in [0.4, 0.5) is 0 Å². The zero-order valence-electron chi connectivity index (χ0n) is 17.7. The van der Waals surface area contributed by atoms with Gasteiger partial charge in [-0.3, -0.25) is 0 Å². The standard InChI is InChI=1S/C27H33B/c1-3-5-17-27(28,18-6-4-2)26-20-24(22-13-9-7-10-14-22)19-25(21-26)23-15-11-8-12-16-23/h7-16,19-21H,3-6,17-18,28H2,1-2H3. The Hall–Kier alpha value is -2.28. The Balaban J connectivity index is 2.13. The minimum absolute atomic E-state index is 0.236. The summed E-state index contributed by atoms with van der Waals surface area (Å²) in [5.41, 5.74) is 6.76. The number of unbranched alkanes of at least 4 members (excludes halogenated alkanes) is 2. The number of hydrogen-bond donors (Lipinski definition) is 0. The monoisotopic (exact) mass is 368 g/mol. The molecule has 0 fully saturated rings. The second kappa shape index (κ2) is 9.78. The number of rotatable bonds is 9. The van der Waals surface area contributed by atoms with E-state index < -0.39 is 0 Å². The Labute approximate surface area is 172 Å². The van der Waals surface area contributed by atoms with Crippen LogP contribution >= 0.6 is 0 Å². The third kappa shape index (κ3) is 4.96. The van der Waals surface area contributed by atoms with Gasteiger partial charge in [-0.15, -0.1) is 0 Å². The van der Waals surface area contributed by atoms with Crippen LogP contribution < -0.4 is 0 Å². The molecule has 0 heterocycles. The average molecular weight is 368 g/mol. The molecule has 0 aliphatic rings. The predicted molar refractivity (Wildman–Crippen MR) is 127 cm³/mol. The van der Waals surface area contributed by atoms with E-state index >= 15 is 0 Å². The maximum absolute atomic E-state index is 2.48. The summed E-state index contributed by atoms with van der Waals surface area (Å²) in [5.74, 6) is 0. The van der Waals surface area contributed by atoms with Gasteiger partial charge >= 0.3 is 0 Å². The van der Waals surface area contributed by atoms with Crippen LogP contribution in [0.15, 0.2) is 78.9 Å². The lowest BCUT2D eigenvalue weighted by molar-refractivity contribution is 0.470. The molecule has 0 saturated heterocycles. The molecule has 0 radical (unpaired) electrons. The maximum atomic E-state index is 2.48. The Kier molecular flexibility index (Phi) is 7.15. The Morgan fingerprint density at radius 3 is 1.43 bits per heavy atom. The molecule has 144 valence electrons. The fraction of sp³-hybridized carbons (Fsp3) is 0.333. The molecule has 0 N–H and O–H groups in total. The number of hydrogen-bond acceptors (Lipinski definition) is 0. The summed E-state index contributed by atoms with van der Waals surface area (Å²) in [5, 5.41) is 0.236. The molecule has 0 amide bonds. The van der Waals surface area contributed by atoms with E-state index in [2.05, 4.69) is 101 Å². The molecule has 3 aromatic carbocycles. The number of benzene rings is 3. The Morgan fingerprint density at radius 1 is 0.607 bits per heavy atom. The lowest BCUT2D eigenvalue weighted by atomic mass is 9.58. The third-order valence-corrected chi connectivity index (χ3v) is 6.01. The third-order valence-electron chi connectivity index (χ3n) is 6.01. The summed E-state index contributed by atoms with van der Waals surface area (Å²) < 4.78 is 0. The van der Waals surface area contributed by atoms with Gasteiger partial charge < -0.3 is 0 Å². The smallest absolute Gasteiger partial charge is 0.0654 e. The zero-order chi connectivity index (χ0) is 19.8. The van der Waals surface area contributed by atoms with E-state index in [1.807, 2.05) is 0 Å². The van der Waals surface area contributed by atoms with Crippen LogP contribution in [0.3, 0.4) is 0 Å². The highest BCUT2D eigenvalue weighted by Gasteiger charge is 2.26. The molecule has 0 bridgehead atoms. The van der Waals surface area contributed by atoms with Gasteiger partial charge in [0.15, 0.2) is 0 Å². The van der Waals surface area contributed by atoms with Crippen LogP contribution in [-0.2, 0) is 5.31 Å². The van der Waals surface area contributed by atoms with E-state index in [0.29, 0.717) is 0 Å². The molecule has 0 unspecified atom stereocenters. The highest BCUT2D eigenvalue weighted by atomic mass is 14.3. The highest BCUT2D eigenvalue weighted by molar-refractivity contribution is 6.16. The van der Waals surface area contributed by atoms with Gasteiger partial charge in [0.1, 0.15) is 7.85 Å². The fourth-order valence-corrected chi connectivity index (χ4v) is 4.12. The second-order valence-electron chi connectivity index (χ2n) is 8.30. The first kappa shape index (κ1) is 20.5. The molecular formula is C27H33B. The van der Waals surface area contributed by atoms with Crippen molar-refractivity contribution in [1.82, 2.24) is 0 Å². The molecule has 3 aromatic rings. The van der Waals surface area contributed by atoms with E-state index in [1.165, 1.54) is 66.3 Å². The first-order valence-electron chi connectivity index (χ1n) is 10.9. The van der Waals surface area contributed by atoms with Crippen molar-refractivity contribution < 1.29 is 0 Å². The fourth-order valence-electron chi connectivity index (χ4n) is 4.12. The van der Waals surface area contributed by atoms with Crippen molar-refractivity contribution in [2.75, 3.05) is 0 Å². The van der Waals surface area contributed by atoms with E-state index in [0.717, 1.165) is 0 Å². The van der Waals surface area contributed by atoms with E-state index in [4.69, 9.17) is 0 Å². The summed E-state index contributed by atoms with van der Waals surface area (Å²) in [6, 6.07) is 28.9. The van der Waals surface area contributed by atoms with Crippen LogP contribution in [-0.4, -0.2) is 7.85 Å². The van der Waals surface area contributed by atoms with Crippen LogP contribution in [0.1, 0.15) is 57.9 Å². The molecule has 0 saturated carbocycles. The van der Waals surface area contributed by atoms with E-state index in [1.54, 1.807) is 0 Å². The van der Waals surface area contributed by atoms with Crippen molar-refractivity contribution in [1.29, 1.82) is 0 Å². The predicted octanol–water partition coefficient (Wildman–Crippen LogP) is 7.23. The van der Waals surface area contributed by atoms with E-state index in [9.17, 15) is 0 Å². The van der Waals surface area contributed by atoms with Crippen LogP contribution in [0.25, 0.3) is 22.3 Å². The van der Waals surface area contributed by atoms with Crippen molar-refractivity contribution in [2.24, 2.45) is 0 Å². The van der Waals surface area contributed by atoms with Crippen LogP contribution in [0.5, 0.6) is 0 Å². The maximum Gasteiger partial charge on any atom is 0.115 e. The van der Waals surface area contributed by atoms with Crippen molar-refractivity contribution >= 4 is 7.85 Å². The van der Waals surface area contributed by atoms with Crippen molar-refractivity contribution in [3.8, 4) is 22.3 Å².